The SMILES string of the molecule is Cc1nc(CNCc2cc(C(=O)O)c(C)o2)no1. The van der Waals surface area contributed by atoms with Crippen LogP contribution in [-0.4, -0.2) is 21.2 Å². The lowest BCUT2D eigenvalue weighted by Gasteiger charge is -1.97. The number of aromatic nitrogens is 2. The van der Waals surface area contributed by atoms with Crippen molar-refractivity contribution >= 4 is 5.97 Å². The van der Waals surface area contributed by atoms with E-state index in [1.54, 1.807) is 13.8 Å². The molecule has 0 bridgehead atoms. The highest BCUT2D eigenvalue weighted by Gasteiger charge is 2.13. The van der Waals surface area contributed by atoms with Gasteiger partial charge in [0.25, 0.3) is 0 Å². The Labute approximate surface area is 103 Å². The second-order valence-corrected chi connectivity index (χ2v) is 3.82. The van der Waals surface area contributed by atoms with Crippen LogP contribution in [0.25, 0.3) is 0 Å². The number of furan rings is 1. The van der Waals surface area contributed by atoms with Gasteiger partial charge in [0.1, 0.15) is 17.1 Å². The fourth-order valence-electron chi connectivity index (χ4n) is 1.55. The van der Waals surface area contributed by atoms with Gasteiger partial charge in [0.15, 0.2) is 5.82 Å². The maximum atomic E-state index is 10.8. The maximum absolute atomic E-state index is 10.8. The van der Waals surface area contributed by atoms with Crippen LogP contribution in [0.3, 0.4) is 0 Å². The van der Waals surface area contributed by atoms with Gasteiger partial charge in [0.2, 0.25) is 5.89 Å². The van der Waals surface area contributed by atoms with E-state index in [0.29, 0.717) is 36.3 Å². The molecule has 2 aromatic rings. The van der Waals surface area contributed by atoms with Crippen LogP contribution in [0, 0.1) is 13.8 Å². The monoisotopic (exact) mass is 251 g/mol. The highest BCUT2D eigenvalue weighted by Crippen LogP contribution is 2.14. The first-order valence-corrected chi connectivity index (χ1v) is 5.39. The van der Waals surface area contributed by atoms with Gasteiger partial charge in [-0.2, -0.15) is 4.98 Å². The Kier molecular flexibility index (Phi) is 3.42. The smallest absolute Gasteiger partial charge is 0.339 e. The fourth-order valence-corrected chi connectivity index (χ4v) is 1.55. The predicted molar refractivity (Wildman–Crippen MR) is 60.0 cm³/mol. The lowest BCUT2D eigenvalue weighted by atomic mass is 10.2. The average Bonchev–Trinajstić information content (AvgIpc) is 2.85. The Morgan fingerprint density at radius 3 is 2.78 bits per heavy atom. The van der Waals surface area contributed by atoms with E-state index in [2.05, 4.69) is 15.5 Å². The summed E-state index contributed by atoms with van der Waals surface area (Å²) < 4.78 is 10.1. The average molecular weight is 251 g/mol. The first-order valence-electron chi connectivity index (χ1n) is 5.39. The molecule has 0 amide bonds. The van der Waals surface area contributed by atoms with Crippen molar-refractivity contribution in [1.82, 2.24) is 15.5 Å². The van der Waals surface area contributed by atoms with E-state index in [4.69, 9.17) is 14.0 Å². The molecule has 0 aliphatic rings. The molecule has 0 aliphatic carbocycles. The summed E-state index contributed by atoms with van der Waals surface area (Å²) in [6.07, 6.45) is 0. The number of rotatable bonds is 5. The van der Waals surface area contributed by atoms with E-state index in [-0.39, 0.29) is 5.56 Å². The first-order chi connectivity index (χ1) is 8.56. The van der Waals surface area contributed by atoms with E-state index >= 15 is 0 Å². The van der Waals surface area contributed by atoms with Crippen molar-refractivity contribution in [2.24, 2.45) is 0 Å². The molecule has 96 valence electrons. The minimum atomic E-state index is -0.990. The standard InChI is InChI=1S/C11H13N3O4/c1-6-9(11(15)16)3-8(17-6)4-12-5-10-13-7(2)18-14-10/h3,12H,4-5H2,1-2H3,(H,15,16). The Morgan fingerprint density at radius 2 is 2.22 bits per heavy atom. The Morgan fingerprint density at radius 1 is 1.44 bits per heavy atom. The molecule has 2 rings (SSSR count). The minimum Gasteiger partial charge on any atom is -0.478 e. The van der Waals surface area contributed by atoms with E-state index in [1.165, 1.54) is 6.07 Å². The summed E-state index contributed by atoms with van der Waals surface area (Å²) in [5, 5.41) is 15.6. The number of hydrogen-bond donors (Lipinski definition) is 2. The molecule has 0 fully saturated rings. The third kappa shape index (κ3) is 2.75. The predicted octanol–water partition coefficient (Wildman–Crippen LogP) is 1.27. The lowest BCUT2D eigenvalue weighted by molar-refractivity contribution is 0.0695. The summed E-state index contributed by atoms with van der Waals surface area (Å²) in [6.45, 7) is 4.17. The quantitative estimate of drug-likeness (QED) is 0.824. The Hall–Kier alpha value is -2.15. The molecule has 0 saturated carbocycles. The minimum absolute atomic E-state index is 0.183. The van der Waals surface area contributed by atoms with E-state index in [1.807, 2.05) is 0 Å². The van der Waals surface area contributed by atoms with Crippen LogP contribution < -0.4 is 5.32 Å². The number of nitrogens with one attached hydrogen (secondary N) is 1. The third-order valence-corrected chi connectivity index (χ3v) is 2.35. The molecule has 0 saturated heterocycles. The fraction of sp³-hybridized carbons (Fsp3) is 0.364. The van der Waals surface area contributed by atoms with Gasteiger partial charge >= 0.3 is 5.97 Å². The molecule has 0 aromatic carbocycles. The van der Waals surface area contributed by atoms with Crippen molar-refractivity contribution in [3.63, 3.8) is 0 Å². The number of aryl methyl sites for hydroxylation is 2. The van der Waals surface area contributed by atoms with E-state index in [0.717, 1.165) is 0 Å². The molecule has 0 atom stereocenters. The number of carboxylic acids is 1. The van der Waals surface area contributed by atoms with Gasteiger partial charge in [-0.05, 0) is 13.0 Å². The summed E-state index contributed by atoms with van der Waals surface area (Å²) >= 11 is 0. The number of carboxylic acid groups (broad SMARTS) is 1. The number of nitrogens with zero attached hydrogens (tertiary/aromatic N) is 2. The van der Waals surface area contributed by atoms with Crippen LogP contribution in [0.2, 0.25) is 0 Å². The highest BCUT2D eigenvalue weighted by molar-refractivity contribution is 5.88. The van der Waals surface area contributed by atoms with Crippen molar-refractivity contribution < 1.29 is 18.8 Å². The van der Waals surface area contributed by atoms with Crippen LogP contribution in [-0.2, 0) is 13.1 Å². The second kappa shape index (κ2) is 5.01. The van der Waals surface area contributed by atoms with Gasteiger partial charge in [0.05, 0.1) is 13.1 Å². The molecule has 2 heterocycles. The van der Waals surface area contributed by atoms with Gasteiger partial charge in [0, 0.05) is 6.92 Å². The number of carbonyl (C=O) groups is 1. The Bertz CT molecular complexity index is 558. The molecule has 7 nitrogen and oxygen atoms in total. The van der Waals surface area contributed by atoms with Gasteiger partial charge in [-0.25, -0.2) is 4.79 Å². The molecule has 0 spiro atoms. The van der Waals surface area contributed by atoms with Crippen molar-refractivity contribution in [2.45, 2.75) is 26.9 Å². The van der Waals surface area contributed by atoms with Crippen LogP contribution >= 0.6 is 0 Å². The van der Waals surface area contributed by atoms with Crippen LogP contribution in [0.15, 0.2) is 15.0 Å². The zero-order valence-electron chi connectivity index (χ0n) is 10.1. The summed E-state index contributed by atoms with van der Waals surface area (Å²) in [7, 11) is 0. The molecule has 0 radical (unpaired) electrons. The second-order valence-electron chi connectivity index (χ2n) is 3.82. The summed E-state index contributed by atoms with van der Waals surface area (Å²) in [4.78, 5) is 14.8. The van der Waals surface area contributed by atoms with Gasteiger partial charge in [-0.15, -0.1) is 0 Å². The molecule has 18 heavy (non-hydrogen) atoms. The Balaban J connectivity index is 1.90. The molecule has 0 aliphatic heterocycles. The largest absolute Gasteiger partial charge is 0.478 e. The molecular formula is C11H13N3O4. The van der Waals surface area contributed by atoms with E-state index < -0.39 is 5.97 Å². The van der Waals surface area contributed by atoms with Crippen LogP contribution in [0.4, 0.5) is 0 Å². The lowest BCUT2D eigenvalue weighted by Crippen LogP contribution is -2.13. The van der Waals surface area contributed by atoms with Crippen LogP contribution in [0.5, 0.6) is 0 Å². The molecular weight excluding hydrogens is 238 g/mol. The zero-order valence-corrected chi connectivity index (χ0v) is 10.1. The summed E-state index contributed by atoms with van der Waals surface area (Å²) in [6, 6.07) is 1.51. The molecule has 0 unspecified atom stereocenters. The number of aromatic carboxylic acids is 1. The van der Waals surface area contributed by atoms with Gasteiger partial charge in [-0.1, -0.05) is 5.16 Å². The van der Waals surface area contributed by atoms with Crippen molar-refractivity contribution in [3.8, 4) is 0 Å². The number of hydrogen-bond acceptors (Lipinski definition) is 6. The van der Waals surface area contributed by atoms with Crippen molar-refractivity contribution in [1.29, 1.82) is 0 Å². The molecule has 7 heteroatoms. The third-order valence-electron chi connectivity index (χ3n) is 2.35. The first kappa shape index (κ1) is 12.3. The zero-order chi connectivity index (χ0) is 13.1. The summed E-state index contributed by atoms with van der Waals surface area (Å²) in [5.41, 5.74) is 0.183. The summed E-state index contributed by atoms with van der Waals surface area (Å²) in [5.74, 6) is 1.03. The normalized spacial score (nSPS) is 10.8. The van der Waals surface area contributed by atoms with E-state index in [9.17, 15) is 4.79 Å². The van der Waals surface area contributed by atoms with Crippen molar-refractivity contribution in [2.75, 3.05) is 0 Å². The highest BCUT2D eigenvalue weighted by atomic mass is 16.5. The topological polar surface area (TPSA) is 101 Å². The molecule has 2 aromatic heterocycles. The van der Waals surface area contributed by atoms with Gasteiger partial charge in [-0.3, -0.25) is 0 Å². The van der Waals surface area contributed by atoms with Crippen molar-refractivity contribution in [3.05, 3.63) is 34.9 Å². The molecule has 2 N–H and O–H groups in total. The van der Waals surface area contributed by atoms with Crippen LogP contribution in [0.1, 0.15) is 33.6 Å². The maximum Gasteiger partial charge on any atom is 0.339 e. The van der Waals surface area contributed by atoms with Gasteiger partial charge < -0.3 is 19.4 Å².